The van der Waals surface area contributed by atoms with Crippen molar-refractivity contribution in [2.75, 3.05) is 0 Å². The lowest BCUT2D eigenvalue weighted by Crippen LogP contribution is -2.01. The third-order valence-electron chi connectivity index (χ3n) is 10.0. The van der Waals surface area contributed by atoms with Gasteiger partial charge in [-0.1, -0.05) is 152 Å². The molecule has 0 radical (unpaired) electrons. The molecule has 0 unspecified atom stereocenters. The zero-order valence-corrected chi connectivity index (χ0v) is 28.8. The molecule has 0 aliphatic carbocycles. The highest BCUT2D eigenvalue weighted by atomic mass is 15.0. The van der Waals surface area contributed by atoms with Gasteiger partial charge in [0, 0.05) is 33.2 Å². The van der Waals surface area contributed by atoms with Gasteiger partial charge < -0.3 is 4.57 Å². The number of para-hydroxylation sites is 2. The molecule has 0 saturated carbocycles. The van der Waals surface area contributed by atoms with Crippen LogP contribution in [0.1, 0.15) is 0 Å². The summed E-state index contributed by atoms with van der Waals surface area (Å²) in [5, 5.41) is 4.88. The lowest BCUT2D eigenvalue weighted by atomic mass is 9.99. The molecule has 0 atom stereocenters. The highest BCUT2D eigenvalue weighted by Crippen LogP contribution is 2.35. The molecule has 0 bridgehead atoms. The first-order valence-corrected chi connectivity index (χ1v) is 17.9. The van der Waals surface area contributed by atoms with Crippen LogP contribution in [0.3, 0.4) is 0 Å². The number of fused-ring (bicyclic) bond motifs is 4. The van der Waals surface area contributed by atoms with Crippen LogP contribution in [0.4, 0.5) is 0 Å². The molecule has 2 heterocycles. The number of benzene rings is 8. The van der Waals surface area contributed by atoms with E-state index >= 15 is 0 Å². The average Bonchev–Trinajstić information content (AvgIpc) is 3.58. The Labute approximate surface area is 307 Å². The van der Waals surface area contributed by atoms with Gasteiger partial charge in [-0.15, -0.1) is 0 Å². The van der Waals surface area contributed by atoms with Gasteiger partial charge in [0.15, 0.2) is 17.5 Å². The highest BCUT2D eigenvalue weighted by Gasteiger charge is 2.16. The van der Waals surface area contributed by atoms with Crippen LogP contribution < -0.4 is 0 Å². The normalized spacial score (nSPS) is 11.4. The van der Waals surface area contributed by atoms with Crippen molar-refractivity contribution in [1.29, 1.82) is 0 Å². The van der Waals surface area contributed by atoms with E-state index in [0.29, 0.717) is 17.5 Å². The maximum Gasteiger partial charge on any atom is 0.164 e. The van der Waals surface area contributed by atoms with Gasteiger partial charge in [-0.25, -0.2) is 15.0 Å². The maximum absolute atomic E-state index is 5.18. The molecule has 248 valence electrons. The molecule has 0 aliphatic heterocycles. The fraction of sp³-hybridized carbons (Fsp3) is 0. The first-order chi connectivity index (χ1) is 26.2. The number of hydrogen-bond donors (Lipinski definition) is 0. The topological polar surface area (TPSA) is 43.6 Å². The van der Waals surface area contributed by atoms with Crippen LogP contribution >= 0.6 is 0 Å². The van der Waals surface area contributed by atoms with Crippen LogP contribution in [0.25, 0.3) is 94.7 Å². The standard InChI is InChI=1S/C49H32N4/c1-2-13-33(14-3-1)36-17-10-19-39(30-36)47-50-48(40-20-11-18-37(31-40)38-28-27-34-15-4-5-16-35(34)29-38)52-49(51-47)41-21-12-22-42(32-41)53-45-25-8-6-23-43(45)44-24-7-9-26-46(44)53/h1-32H. The van der Waals surface area contributed by atoms with E-state index in [0.717, 1.165) is 55.7 Å². The van der Waals surface area contributed by atoms with Crippen LogP contribution in [0.5, 0.6) is 0 Å². The van der Waals surface area contributed by atoms with Crippen molar-refractivity contribution >= 4 is 32.6 Å². The lowest BCUT2D eigenvalue weighted by Gasteiger charge is -2.12. The Hall–Kier alpha value is -7.17. The fourth-order valence-corrected chi connectivity index (χ4v) is 7.42. The van der Waals surface area contributed by atoms with Crippen molar-refractivity contribution in [3.8, 4) is 62.1 Å². The monoisotopic (exact) mass is 676 g/mol. The predicted molar refractivity (Wildman–Crippen MR) is 219 cm³/mol. The first kappa shape index (κ1) is 30.6. The summed E-state index contributed by atoms with van der Waals surface area (Å²) in [5.41, 5.74) is 10.7. The number of aromatic nitrogens is 4. The molecule has 53 heavy (non-hydrogen) atoms. The van der Waals surface area contributed by atoms with Crippen molar-refractivity contribution in [3.05, 3.63) is 194 Å². The highest BCUT2D eigenvalue weighted by molar-refractivity contribution is 6.09. The van der Waals surface area contributed by atoms with Gasteiger partial charge in [-0.3, -0.25) is 0 Å². The minimum atomic E-state index is 0.619. The van der Waals surface area contributed by atoms with Gasteiger partial charge in [0.05, 0.1) is 11.0 Å². The molecule has 4 nitrogen and oxygen atoms in total. The van der Waals surface area contributed by atoms with Gasteiger partial charge in [-0.2, -0.15) is 0 Å². The van der Waals surface area contributed by atoms with Crippen LogP contribution in [-0.2, 0) is 0 Å². The quantitative estimate of drug-likeness (QED) is 0.176. The Morgan fingerprint density at radius 2 is 0.736 bits per heavy atom. The number of rotatable bonds is 6. The second kappa shape index (κ2) is 12.9. The second-order valence-electron chi connectivity index (χ2n) is 13.3. The first-order valence-electron chi connectivity index (χ1n) is 17.9. The van der Waals surface area contributed by atoms with Crippen molar-refractivity contribution in [3.63, 3.8) is 0 Å². The molecule has 4 heteroatoms. The number of nitrogens with zero attached hydrogens (tertiary/aromatic N) is 4. The zero-order chi connectivity index (χ0) is 35.1. The van der Waals surface area contributed by atoms with E-state index in [1.807, 2.05) is 6.07 Å². The molecule has 8 aromatic carbocycles. The van der Waals surface area contributed by atoms with E-state index in [1.165, 1.54) is 21.5 Å². The van der Waals surface area contributed by atoms with Crippen molar-refractivity contribution in [2.45, 2.75) is 0 Å². The SMILES string of the molecule is c1ccc(-c2cccc(-c3nc(-c4cccc(-c5ccc6ccccc6c5)c4)nc(-c4cccc(-n5c6ccccc6c6ccccc65)c4)n3)c2)cc1. The Kier molecular flexibility index (Phi) is 7.43. The summed E-state index contributed by atoms with van der Waals surface area (Å²) >= 11 is 0. The van der Waals surface area contributed by atoms with E-state index in [1.54, 1.807) is 0 Å². The molecular formula is C49H32N4. The summed E-state index contributed by atoms with van der Waals surface area (Å²) in [4.78, 5) is 15.5. The molecule has 10 aromatic rings. The van der Waals surface area contributed by atoms with E-state index in [2.05, 4.69) is 193 Å². The smallest absolute Gasteiger partial charge is 0.164 e. The van der Waals surface area contributed by atoms with E-state index in [4.69, 9.17) is 15.0 Å². The average molecular weight is 677 g/mol. The van der Waals surface area contributed by atoms with Crippen LogP contribution in [-0.4, -0.2) is 19.5 Å². The fourth-order valence-electron chi connectivity index (χ4n) is 7.42. The summed E-state index contributed by atoms with van der Waals surface area (Å²) in [5.74, 6) is 1.87. The Bertz CT molecular complexity index is 2910. The van der Waals surface area contributed by atoms with Crippen molar-refractivity contribution in [1.82, 2.24) is 19.5 Å². The minimum absolute atomic E-state index is 0.619. The van der Waals surface area contributed by atoms with Crippen molar-refractivity contribution < 1.29 is 0 Å². The third-order valence-corrected chi connectivity index (χ3v) is 10.0. The van der Waals surface area contributed by atoms with Crippen LogP contribution in [0.15, 0.2) is 194 Å². The molecular weight excluding hydrogens is 645 g/mol. The van der Waals surface area contributed by atoms with E-state index in [9.17, 15) is 0 Å². The summed E-state index contributed by atoms with van der Waals surface area (Å²) in [6.45, 7) is 0. The van der Waals surface area contributed by atoms with Gasteiger partial charge in [0.25, 0.3) is 0 Å². The molecule has 0 fully saturated rings. The Morgan fingerprint density at radius 3 is 1.38 bits per heavy atom. The van der Waals surface area contributed by atoms with Gasteiger partial charge >= 0.3 is 0 Å². The third kappa shape index (κ3) is 5.63. The molecule has 2 aromatic heterocycles. The minimum Gasteiger partial charge on any atom is -0.309 e. The summed E-state index contributed by atoms with van der Waals surface area (Å²) in [6.07, 6.45) is 0. The van der Waals surface area contributed by atoms with Gasteiger partial charge in [0.2, 0.25) is 0 Å². The molecule has 10 rings (SSSR count). The second-order valence-corrected chi connectivity index (χ2v) is 13.3. The summed E-state index contributed by atoms with van der Waals surface area (Å²) in [6, 6.07) is 68.1. The maximum atomic E-state index is 5.18. The van der Waals surface area contributed by atoms with E-state index < -0.39 is 0 Å². The van der Waals surface area contributed by atoms with Crippen LogP contribution in [0, 0.1) is 0 Å². The Balaban J connectivity index is 1.14. The van der Waals surface area contributed by atoms with E-state index in [-0.39, 0.29) is 0 Å². The van der Waals surface area contributed by atoms with Crippen molar-refractivity contribution in [2.24, 2.45) is 0 Å². The van der Waals surface area contributed by atoms with Gasteiger partial charge in [-0.05, 0) is 75.5 Å². The zero-order valence-electron chi connectivity index (χ0n) is 28.8. The summed E-state index contributed by atoms with van der Waals surface area (Å²) in [7, 11) is 0. The molecule has 0 amide bonds. The molecule has 0 saturated heterocycles. The van der Waals surface area contributed by atoms with Gasteiger partial charge in [0.1, 0.15) is 0 Å². The molecule has 0 N–H and O–H groups in total. The Morgan fingerprint density at radius 1 is 0.283 bits per heavy atom. The van der Waals surface area contributed by atoms with Crippen LogP contribution in [0.2, 0.25) is 0 Å². The predicted octanol–water partition coefficient (Wildman–Crippen LogP) is 12.5. The molecule has 0 spiro atoms. The lowest BCUT2D eigenvalue weighted by molar-refractivity contribution is 1.07. The number of hydrogen-bond acceptors (Lipinski definition) is 3. The molecule has 0 aliphatic rings. The summed E-state index contributed by atoms with van der Waals surface area (Å²) < 4.78 is 2.33. The largest absolute Gasteiger partial charge is 0.309 e.